The number of fused-ring (bicyclic) bond motifs is 1. The molecule has 0 saturated carbocycles. The number of hydrogen-bond acceptors (Lipinski definition) is 8. The molecule has 264 valence electrons. The molecule has 0 bridgehead atoms. The van der Waals surface area contributed by atoms with Crippen molar-refractivity contribution in [1.29, 1.82) is 0 Å². The summed E-state index contributed by atoms with van der Waals surface area (Å²) in [6, 6.07) is 16.1. The number of alkyl halides is 1. The molecule has 13 heteroatoms. The fraction of sp³-hybridized carbons (Fsp3) is 0.528. The Hall–Kier alpha value is -1.85. The Morgan fingerprint density at radius 3 is 2.20 bits per heavy atom. The van der Waals surface area contributed by atoms with Crippen molar-refractivity contribution in [2.45, 2.75) is 120 Å². The molecule has 49 heavy (non-hydrogen) atoms. The summed E-state index contributed by atoms with van der Waals surface area (Å²) in [5, 5.41) is 5.86. The molecule has 1 aromatic carbocycles. The van der Waals surface area contributed by atoms with Crippen molar-refractivity contribution in [1.82, 2.24) is 24.5 Å². The molecule has 0 amide bonds. The number of aromatic nitrogens is 4. The van der Waals surface area contributed by atoms with E-state index in [4.69, 9.17) is 28.8 Å². The van der Waals surface area contributed by atoms with Crippen LogP contribution in [0.5, 0.6) is 0 Å². The lowest BCUT2D eigenvalue weighted by molar-refractivity contribution is 0.00578. The van der Waals surface area contributed by atoms with Crippen LogP contribution in [0.2, 0.25) is 18.1 Å². The molecule has 9 nitrogen and oxygen atoms in total. The molecule has 3 aromatic heterocycles. The molecule has 0 spiro atoms. The predicted octanol–water partition coefficient (Wildman–Crippen LogP) is 7.96. The number of halogens is 1. The Labute approximate surface area is 310 Å². The van der Waals surface area contributed by atoms with Crippen molar-refractivity contribution in [3.05, 3.63) is 66.1 Å². The number of benzene rings is 1. The van der Waals surface area contributed by atoms with Crippen molar-refractivity contribution in [3.8, 4) is 17.1 Å². The van der Waals surface area contributed by atoms with Gasteiger partial charge in [0, 0.05) is 22.3 Å². The monoisotopic (exact) mass is 815 g/mol. The molecule has 1 aliphatic rings. The highest BCUT2D eigenvalue weighted by Crippen LogP contribution is 2.39. The zero-order chi connectivity index (χ0) is 36.4. The normalized spacial score (nSPS) is 18.6. The van der Waals surface area contributed by atoms with E-state index in [9.17, 15) is 4.55 Å². The third-order valence-corrected chi connectivity index (χ3v) is 17.4. The van der Waals surface area contributed by atoms with Crippen LogP contribution in [-0.4, -0.2) is 55.7 Å². The van der Waals surface area contributed by atoms with Crippen LogP contribution in [0.1, 0.15) is 87.5 Å². The third-order valence-electron chi connectivity index (χ3n) is 9.99. The van der Waals surface area contributed by atoms with Crippen LogP contribution in [0.3, 0.4) is 0 Å². The Bertz CT molecular complexity index is 1820. The molecule has 1 fully saturated rings. The molecule has 4 aromatic rings. The molecule has 5 rings (SSSR count). The van der Waals surface area contributed by atoms with Gasteiger partial charge < -0.3 is 18.3 Å². The molecule has 1 N–H and O–H groups in total. The molecule has 2 atom stereocenters. The average molecular weight is 816 g/mol. The second-order valence-electron chi connectivity index (χ2n) is 16.6. The lowest BCUT2D eigenvalue weighted by Crippen LogP contribution is -2.47. The minimum atomic E-state index is -1.96. The quantitative estimate of drug-likeness (QED) is 0.0597. The Balaban J connectivity index is 1.61. The molecule has 0 radical (unpaired) electrons. The van der Waals surface area contributed by atoms with E-state index in [2.05, 4.69) is 101 Å². The van der Waals surface area contributed by atoms with E-state index in [1.165, 1.54) is 0 Å². The van der Waals surface area contributed by atoms with Gasteiger partial charge in [-0.2, -0.15) is 5.10 Å². The van der Waals surface area contributed by atoms with Crippen LogP contribution < -0.4 is 10.2 Å². The van der Waals surface area contributed by atoms with Crippen LogP contribution >= 0.6 is 22.6 Å². The second kappa shape index (κ2) is 13.3. The maximum absolute atomic E-state index is 13.1. The fourth-order valence-electron chi connectivity index (χ4n) is 5.02. The maximum atomic E-state index is 13.1. The predicted molar refractivity (Wildman–Crippen MR) is 212 cm³/mol. The highest BCUT2D eigenvalue weighted by molar-refractivity contribution is 14.1. The van der Waals surface area contributed by atoms with Crippen LogP contribution in [0.25, 0.3) is 28.0 Å². The summed E-state index contributed by atoms with van der Waals surface area (Å²) in [4.78, 5) is 10.1. The van der Waals surface area contributed by atoms with E-state index in [1.54, 1.807) is 0 Å². The van der Waals surface area contributed by atoms with Crippen molar-refractivity contribution in [3.63, 3.8) is 0 Å². The van der Waals surface area contributed by atoms with E-state index in [0.717, 1.165) is 39.0 Å². The van der Waals surface area contributed by atoms with Crippen LogP contribution in [-0.2, 0) is 35.2 Å². The van der Waals surface area contributed by atoms with Gasteiger partial charge in [0.05, 0.1) is 46.6 Å². The van der Waals surface area contributed by atoms with Crippen LogP contribution in [0.4, 0.5) is 0 Å². The number of pyridine rings is 2. The number of hydrogen-bond donors (Lipinski definition) is 1. The second-order valence-corrected chi connectivity index (χ2v) is 25.5. The highest BCUT2D eigenvalue weighted by Gasteiger charge is 2.52. The minimum absolute atomic E-state index is 0.100. The van der Waals surface area contributed by atoms with Gasteiger partial charge in [0.15, 0.2) is 17.7 Å². The zero-order valence-corrected chi connectivity index (χ0v) is 35.2. The standard InChI is InChI=1S/C36H51BIN5O4SSi/c1-32(2,3)48(44)42-36(11,38)30-18-15-17-28(41-30)24-20-27(37-46-34(7,8)35(9,10)47-37)26-22-39-43(29(26)21-24)31-19-14-16-25(40-31)23-45-49(12,13)33(4,5)6/h14-22,42H,23H2,1-13H3. The first-order valence-electron chi connectivity index (χ1n) is 16.8. The average Bonchev–Trinajstić information content (AvgIpc) is 3.51. The number of rotatable bonds is 9. The summed E-state index contributed by atoms with van der Waals surface area (Å²) in [6.07, 6.45) is 1.86. The molecule has 1 saturated heterocycles. The van der Waals surface area contributed by atoms with Crippen molar-refractivity contribution < 1.29 is 18.3 Å². The van der Waals surface area contributed by atoms with Gasteiger partial charge in [-0.15, -0.1) is 4.72 Å². The fourth-order valence-corrected chi connectivity index (χ4v) is 7.62. The van der Waals surface area contributed by atoms with E-state index in [0.29, 0.717) is 12.4 Å². The van der Waals surface area contributed by atoms with Gasteiger partial charge in [0.25, 0.3) is 0 Å². The highest BCUT2D eigenvalue weighted by atomic mass is 127. The van der Waals surface area contributed by atoms with Gasteiger partial charge in [-0.3, -0.25) is 0 Å². The summed E-state index contributed by atoms with van der Waals surface area (Å²) in [5.41, 5.74) is 3.94. The molecule has 4 heterocycles. The lowest BCUT2D eigenvalue weighted by atomic mass is 9.76. The van der Waals surface area contributed by atoms with E-state index < -0.39 is 46.3 Å². The first kappa shape index (κ1) is 38.4. The van der Waals surface area contributed by atoms with E-state index in [1.807, 2.05) is 75.0 Å². The number of nitrogens with zero attached hydrogens (tertiary/aromatic N) is 4. The SMILES string of the molecule is CC(I)(N[S+]([O-])C(C)(C)C)c1cccc(-c2cc(B3OC(C)(C)C(C)(C)O3)c3cnn(-c4cccc(CO[Si](C)(C)C(C)(C)C)n4)c3c2)n1. The zero-order valence-electron chi connectivity index (χ0n) is 31.2. The van der Waals surface area contributed by atoms with Crippen LogP contribution in [0, 0.1) is 0 Å². The van der Waals surface area contributed by atoms with Gasteiger partial charge in [-0.1, -0.05) is 61.6 Å². The summed E-state index contributed by atoms with van der Waals surface area (Å²) >= 11 is 1.00. The lowest BCUT2D eigenvalue weighted by Gasteiger charge is -2.36. The number of nitrogens with one attached hydrogen (secondary N) is 1. The molecular formula is C36H51BIN5O4SSi. The van der Waals surface area contributed by atoms with Gasteiger partial charge in [0.2, 0.25) is 0 Å². The Kier molecular flexibility index (Phi) is 10.4. The van der Waals surface area contributed by atoms with Gasteiger partial charge in [0.1, 0.15) is 4.75 Å². The first-order valence-corrected chi connectivity index (χ1v) is 21.9. The summed E-state index contributed by atoms with van der Waals surface area (Å²) in [7, 11) is -2.58. The van der Waals surface area contributed by atoms with E-state index >= 15 is 0 Å². The van der Waals surface area contributed by atoms with Crippen molar-refractivity contribution in [2.24, 2.45) is 0 Å². The van der Waals surface area contributed by atoms with Gasteiger partial charge in [-0.25, -0.2) is 14.6 Å². The minimum Gasteiger partial charge on any atom is -0.598 e. The summed E-state index contributed by atoms with van der Waals surface area (Å²) in [5.74, 6) is 0.693. The molecular weight excluding hydrogens is 764 g/mol. The largest absolute Gasteiger partial charge is 0.598 e. The summed E-state index contributed by atoms with van der Waals surface area (Å²) < 4.78 is 36.8. The van der Waals surface area contributed by atoms with E-state index in [-0.39, 0.29) is 5.04 Å². The topological polar surface area (TPSA) is 106 Å². The van der Waals surface area contributed by atoms with Gasteiger partial charge >= 0.3 is 7.12 Å². The Morgan fingerprint density at radius 1 is 0.959 bits per heavy atom. The molecule has 1 aliphatic heterocycles. The van der Waals surface area contributed by atoms with Crippen molar-refractivity contribution in [2.75, 3.05) is 0 Å². The third kappa shape index (κ3) is 7.98. The Morgan fingerprint density at radius 2 is 1.59 bits per heavy atom. The van der Waals surface area contributed by atoms with Gasteiger partial charge in [-0.05, 0) is 109 Å². The first-order chi connectivity index (χ1) is 22.4. The maximum Gasteiger partial charge on any atom is 0.495 e. The molecule has 0 aliphatic carbocycles. The smallest absolute Gasteiger partial charge is 0.495 e. The van der Waals surface area contributed by atoms with Crippen LogP contribution in [0.15, 0.2) is 54.7 Å². The molecule has 2 unspecified atom stereocenters. The van der Waals surface area contributed by atoms with Crippen molar-refractivity contribution >= 4 is 65.8 Å². The summed E-state index contributed by atoms with van der Waals surface area (Å²) in [6.45, 7) is 27.7.